The molecule has 202 valence electrons. The van der Waals surface area contributed by atoms with Crippen molar-refractivity contribution >= 4 is 23.8 Å². The molecule has 0 bridgehead atoms. The van der Waals surface area contributed by atoms with Crippen molar-refractivity contribution in [2.45, 2.75) is 27.7 Å². The van der Waals surface area contributed by atoms with Gasteiger partial charge in [-0.05, 0) is 13.8 Å². The highest BCUT2D eigenvalue weighted by Gasteiger charge is 2.24. The van der Waals surface area contributed by atoms with E-state index in [1.54, 1.807) is 23.9 Å². The highest BCUT2D eigenvalue weighted by Crippen LogP contribution is 2.04. The third-order valence-electron chi connectivity index (χ3n) is 4.93. The fourth-order valence-electron chi connectivity index (χ4n) is 3.29. The van der Waals surface area contributed by atoms with Crippen LogP contribution >= 0.6 is 0 Å². The normalized spacial score (nSPS) is 17.5. The van der Waals surface area contributed by atoms with Crippen molar-refractivity contribution in [1.29, 1.82) is 0 Å². The van der Waals surface area contributed by atoms with Crippen LogP contribution in [0.25, 0.3) is 0 Å². The van der Waals surface area contributed by atoms with E-state index in [1.807, 2.05) is 0 Å². The summed E-state index contributed by atoms with van der Waals surface area (Å²) in [7, 11) is 0. The first-order valence-electron chi connectivity index (χ1n) is 11.9. The average Bonchev–Trinajstić information content (AvgIpc) is 2.80. The van der Waals surface area contributed by atoms with Gasteiger partial charge in [0.25, 0.3) is 0 Å². The Bertz CT molecular complexity index is 611. The number of nitrogens with zero attached hydrogens (tertiary/aromatic N) is 4. The molecule has 0 aromatic carbocycles. The number of carbonyl (C=O) groups excluding carboxylic acids is 4. The van der Waals surface area contributed by atoms with Gasteiger partial charge >= 0.3 is 11.9 Å². The molecule has 0 spiro atoms. The summed E-state index contributed by atoms with van der Waals surface area (Å²) >= 11 is 0. The van der Waals surface area contributed by atoms with Gasteiger partial charge < -0.3 is 23.7 Å². The van der Waals surface area contributed by atoms with Gasteiger partial charge in [-0.3, -0.25) is 29.2 Å². The first kappa shape index (κ1) is 30.7. The van der Waals surface area contributed by atoms with E-state index in [-0.39, 0.29) is 51.3 Å². The third-order valence-corrected chi connectivity index (χ3v) is 4.93. The summed E-state index contributed by atoms with van der Waals surface area (Å²) in [5.74, 6) is -1.62. The van der Waals surface area contributed by atoms with Crippen molar-refractivity contribution in [2.75, 3.05) is 92.1 Å². The highest BCUT2D eigenvalue weighted by molar-refractivity contribution is 5.80. The predicted octanol–water partition coefficient (Wildman–Crippen LogP) is -0.693. The molecular weight excluding hydrogens is 464 g/mol. The van der Waals surface area contributed by atoms with E-state index in [4.69, 9.17) is 23.7 Å². The smallest absolute Gasteiger partial charge is 0.327 e. The van der Waals surface area contributed by atoms with E-state index in [9.17, 15) is 19.2 Å². The molecule has 0 unspecified atom stereocenters. The molecule has 0 N–H and O–H groups in total. The molecule has 1 rings (SSSR count). The predicted molar refractivity (Wildman–Crippen MR) is 124 cm³/mol. The Labute approximate surface area is 207 Å². The van der Waals surface area contributed by atoms with Crippen molar-refractivity contribution in [2.24, 2.45) is 0 Å². The maximum absolute atomic E-state index is 12.2. The summed E-state index contributed by atoms with van der Waals surface area (Å²) in [6.45, 7) is 9.41. The van der Waals surface area contributed by atoms with E-state index in [0.29, 0.717) is 52.6 Å². The lowest BCUT2D eigenvalue weighted by Gasteiger charge is -2.34. The number of amides is 2. The molecule has 1 aliphatic rings. The van der Waals surface area contributed by atoms with Crippen molar-refractivity contribution in [1.82, 2.24) is 20.0 Å². The van der Waals surface area contributed by atoms with Crippen molar-refractivity contribution in [3.05, 3.63) is 0 Å². The largest absolute Gasteiger partial charge is 0.465 e. The zero-order valence-corrected chi connectivity index (χ0v) is 21.4. The monoisotopic (exact) mass is 504 g/mol. The van der Waals surface area contributed by atoms with Crippen LogP contribution in [0.4, 0.5) is 0 Å². The zero-order chi connectivity index (χ0) is 26.1. The van der Waals surface area contributed by atoms with Crippen LogP contribution in [0, 0.1) is 0 Å². The van der Waals surface area contributed by atoms with Gasteiger partial charge in [-0.2, -0.15) is 0 Å². The second-order valence-corrected chi connectivity index (χ2v) is 7.51. The van der Waals surface area contributed by atoms with Gasteiger partial charge in [0.15, 0.2) is 0 Å². The second kappa shape index (κ2) is 18.0. The van der Waals surface area contributed by atoms with Crippen molar-refractivity contribution < 1.29 is 42.9 Å². The Morgan fingerprint density at radius 1 is 0.629 bits per heavy atom. The van der Waals surface area contributed by atoms with Gasteiger partial charge in [0.1, 0.15) is 13.1 Å². The summed E-state index contributed by atoms with van der Waals surface area (Å²) in [6.07, 6.45) is 0. The molecular formula is C22H40N4O9. The fourth-order valence-corrected chi connectivity index (χ4v) is 3.29. The van der Waals surface area contributed by atoms with Gasteiger partial charge in [-0.15, -0.1) is 0 Å². The molecule has 0 aromatic heterocycles. The quantitative estimate of drug-likeness (QED) is 0.390. The Hall–Kier alpha value is -2.32. The van der Waals surface area contributed by atoms with Crippen LogP contribution in [0.1, 0.15) is 27.7 Å². The molecule has 1 aliphatic heterocycles. The zero-order valence-electron chi connectivity index (χ0n) is 21.4. The summed E-state index contributed by atoms with van der Waals surface area (Å²) in [4.78, 5) is 48.4. The van der Waals surface area contributed by atoms with Crippen LogP contribution in [-0.4, -0.2) is 136 Å². The molecule has 0 aliphatic carbocycles. The maximum Gasteiger partial charge on any atom is 0.327 e. The number of ether oxygens (including phenoxy) is 5. The summed E-state index contributed by atoms with van der Waals surface area (Å²) in [6, 6.07) is 0. The van der Waals surface area contributed by atoms with Crippen LogP contribution < -0.4 is 0 Å². The van der Waals surface area contributed by atoms with Gasteiger partial charge in [0.05, 0.1) is 52.9 Å². The van der Waals surface area contributed by atoms with E-state index in [0.717, 1.165) is 0 Å². The van der Waals surface area contributed by atoms with Crippen molar-refractivity contribution in [3.8, 4) is 0 Å². The molecule has 2 amide bonds. The maximum atomic E-state index is 12.2. The Morgan fingerprint density at radius 2 is 0.943 bits per heavy atom. The number of hydrogen-bond donors (Lipinski definition) is 0. The molecule has 1 heterocycles. The molecule has 0 radical (unpaired) electrons. The topological polar surface area (TPSA) is 127 Å². The standard InChI is InChI=1S/C22H40N4O9/c1-5-34-21(29)17-25(19(3)27)23-7-11-31-12-8-24(10-14-33-16-15-32-13-9-23)26(20(4)28)18-22(30)35-6-2/h5-18H2,1-4H3. The van der Waals surface area contributed by atoms with E-state index in [1.165, 1.54) is 23.9 Å². The van der Waals surface area contributed by atoms with Gasteiger partial charge in [0.2, 0.25) is 11.8 Å². The van der Waals surface area contributed by atoms with Crippen LogP contribution in [-0.2, 0) is 42.9 Å². The second-order valence-electron chi connectivity index (χ2n) is 7.51. The SMILES string of the molecule is CCOC(=O)CN(C(C)=O)N1CCOCCOCCN(N(CC(=O)OCC)C(C)=O)CCOCC1. The van der Waals surface area contributed by atoms with Gasteiger partial charge in [0, 0.05) is 40.0 Å². The minimum absolute atomic E-state index is 0.207. The lowest BCUT2D eigenvalue weighted by atomic mass is 10.5. The fraction of sp³-hybridized carbons (Fsp3) is 0.818. The Balaban J connectivity index is 2.84. The van der Waals surface area contributed by atoms with Gasteiger partial charge in [-0.25, -0.2) is 10.0 Å². The minimum atomic E-state index is -0.504. The Morgan fingerprint density at radius 3 is 1.23 bits per heavy atom. The number of rotatable bonds is 8. The molecule has 1 saturated heterocycles. The minimum Gasteiger partial charge on any atom is -0.465 e. The molecule has 13 heteroatoms. The van der Waals surface area contributed by atoms with Gasteiger partial charge in [-0.1, -0.05) is 0 Å². The molecule has 1 fully saturated rings. The molecule has 35 heavy (non-hydrogen) atoms. The first-order chi connectivity index (χ1) is 16.8. The van der Waals surface area contributed by atoms with Crippen LogP contribution in [0.2, 0.25) is 0 Å². The summed E-state index contributed by atoms with van der Waals surface area (Å²) < 4.78 is 27.0. The molecule has 0 aromatic rings. The lowest BCUT2D eigenvalue weighted by molar-refractivity contribution is -0.164. The summed E-state index contributed by atoms with van der Waals surface area (Å²) in [5, 5.41) is 6.03. The molecule has 0 atom stereocenters. The van der Waals surface area contributed by atoms with Crippen molar-refractivity contribution in [3.63, 3.8) is 0 Å². The lowest BCUT2D eigenvalue weighted by Crippen LogP contribution is -2.51. The average molecular weight is 505 g/mol. The number of carbonyl (C=O) groups is 4. The van der Waals surface area contributed by atoms with Crippen LogP contribution in [0.5, 0.6) is 0 Å². The third kappa shape index (κ3) is 12.8. The number of hydrazine groups is 2. The van der Waals surface area contributed by atoms with E-state index >= 15 is 0 Å². The number of esters is 2. The van der Waals surface area contributed by atoms with Crippen LogP contribution in [0.3, 0.4) is 0 Å². The Kier molecular flexibility index (Phi) is 15.8. The number of hydrogen-bond acceptors (Lipinski definition) is 11. The van der Waals surface area contributed by atoms with Crippen LogP contribution in [0.15, 0.2) is 0 Å². The first-order valence-corrected chi connectivity index (χ1v) is 11.9. The molecule has 0 saturated carbocycles. The van der Waals surface area contributed by atoms with E-state index in [2.05, 4.69) is 0 Å². The van der Waals surface area contributed by atoms with E-state index < -0.39 is 11.9 Å². The summed E-state index contributed by atoms with van der Waals surface area (Å²) in [5.41, 5.74) is 0. The molecule has 13 nitrogen and oxygen atoms in total. The highest BCUT2D eigenvalue weighted by atomic mass is 16.5.